The molecule has 0 radical (unpaired) electrons. The van der Waals surface area contributed by atoms with Gasteiger partial charge in [-0.25, -0.2) is 4.79 Å². The van der Waals surface area contributed by atoms with Crippen molar-refractivity contribution < 1.29 is 19.4 Å². The molecule has 0 unspecified atom stereocenters. The standard InChI is InChI=1S/C24H28O4/c1-13-6-8-17(14(2)10-13)19-12-20-22(27-15(19)3)18-9-7-16(23(25)26)11-21(18)28-24(20,4)5/h6-11,15,19-20,22H,12H2,1-5H3,(H,25,26)/t15-,19-,20-,22+/m0/s1. The molecular formula is C24H28O4. The van der Waals surface area contributed by atoms with Crippen LogP contribution in [0.5, 0.6) is 5.75 Å². The van der Waals surface area contributed by atoms with Crippen molar-refractivity contribution in [2.24, 2.45) is 5.92 Å². The zero-order valence-electron chi connectivity index (χ0n) is 17.2. The molecule has 2 aliphatic heterocycles. The second-order valence-electron chi connectivity index (χ2n) is 8.83. The molecule has 4 atom stereocenters. The number of aryl methyl sites for hydroxylation is 2. The van der Waals surface area contributed by atoms with Gasteiger partial charge in [0.2, 0.25) is 0 Å². The van der Waals surface area contributed by atoms with Crippen molar-refractivity contribution in [1.82, 2.24) is 0 Å². The van der Waals surface area contributed by atoms with Gasteiger partial charge in [-0.05, 0) is 64.3 Å². The highest BCUT2D eigenvalue weighted by Gasteiger charge is 2.50. The molecule has 0 amide bonds. The highest BCUT2D eigenvalue weighted by molar-refractivity contribution is 5.88. The summed E-state index contributed by atoms with van der Waals surface area (Å²) in [5.41, 5.74) is 4.68. The zero-order valence-corrected chi connectivity index (χ0v) is 17.2. The van der Waals surface area contributed by atoms with E-state index < -0.39 is 11.6 Å². The van der Waals surface area contributed by atoms with Crippen molar-refractivity contribution in [2.75, 3.05) is 0 Å². The number of benzene rings is 2. The third-order valence-corrected chi connectivity index (χ3v) is 6.46. The summed E-state index contributed by atoms with van der Waals surface area (Å²) >= 11 is 0. The summed E-state index contributed by atoms with van der Waals surface area (Å²) in [4.78, 5) is 11.4. The van der Waals surface area contributed by atoms with Gasteiger partial charge < -0.3 is 14.6 Å². The van der Waals surface area contributed by atoms with E-state index >= 15 is 0 Å². The second kappa shape index (κ2) is 6.63. The quantitative estimate of drug-likeness (QED) is 0.755. The van der Waals surface area contributed by atoms with Gasteiger partial charge in [0.05, 0.1) is 17.8 Å². The zero-order chi connectivity index (χ0) is 20.2. The van der Waals surface area contributed by atoms with Crippen molar-refractivity contribution in [3.05, 3.63) is 64.2 Å². The molecule has 28 heavy (non-hydrogen) atoms. The Hall–Kier alpha value is -2.33. The van der Waals surface area contributed by atoms with Crippen LogP contribution in [0.2, 0.25) is 0 Å². The Morgan fingerprint density at radius 1 is 1.11 bits per heavy atom. The highest BCUT2D eigenvalue weighted by atomic mass is 16.5. The maximum absolute atomic E-state index is 11.4. The molecule has 2 aromatic rings. The lowest BCUT2D eigenvalue weighted by Gasteiger charge is -2.51. The van der Waals surface area contributed by atoms with Crippen LogP contribution in [0.4, 0.5) is 0 Å². The maximum Gasteiger partial charge on any atom is 0.335 e. The van der Waals surface area contributed by atoms with E-state index in [4.69, 9.17) is 9.47 Å². The van der Waals surface area contributed by atoms with E-state index in [2.05, 4.69) is 52.8 Å². The number of carboxylic acids is 1. The van der Waals surface area contributed by atoms with Crippen LogP contribution in [-0.4, -0.2) is 22.8 Å². The molecule has 0 aliphatic carbocycles. The number of carbonyl (C=O) groups is 1. The Morgan fingerprint density at radius 3 is 2.50 bits per heavy atom. The smallest absolute Gasteiger partial charge is 0.335 e. The first-order chi connectivity index (χ1) is 13.2. The van der Waals surface area contributed by atoms with E-state index in [9.17, 15) is 9.90 Å². The molecule has 2 aliphatic rings. The monoisotopic (exact) mass is 380 g/mol. The largest absolute Gasteiger partial charge is 0.487 e. The van der Waals surface area contributed by atoms with Crippen LogP contribution < -0.4 is 4.74 Å². The summed E-state index contributed by atoms with van der Waals surface area (Å²) in [6.45, 7) is 10.6. The lowest BCUT2D eigenvalue weighted by Crippen LogP contribution is -2.50. The summed E-state index contributed by atoms with van der Waals surface area (Å²) < 4.78 is 12.9. The van der Waals surface area contributed by atoms with Gasteiger partial charge in [0.15, 0.2) is 0 Å². The molecule has 4 rings (SSSR count). The predicted molar refractivity (Wildman–Crippen MR) is 108 cm³/mol. The van der Waals surface area contributed by atoms with Crippen LogP contribution in [0.25, 0.3) is 0 Å². The number of hydrogen-bond donors (Lipinski definition) is 1. The maximum atomic E-state index is 11.4. The van der Waals surface area contributed by atoms with E-state index in [-0.39, 0.29) is 23.7 Å². The fourth-order valence-electron chi connectivity index (χ4n) is 4.92. The van der Waals surface area contributed by atoms with Gasteiger partial charge in [0.25, 0.3) is 0 Å². The Labute approximate surface area is 166 Å². The van der Waals surface area contributed by atoms with E-state index in [1.54, 1.807) is 12.1 Å². The molecule has 2 heterocycles. The Bertz CT molecular complexity index is 930. The first kappa shape index (κ1) is 19.0. The minimum atomic E-state index is -0.945. The average molecular weight is 380 g/mol. The Balaban J connectivity index is 1.72. The van der Waals surface area contributed by atoms with Gasteiger partial charge in [-0.15, -0.1) is 0 Å². The predicted octanol–water partition coefficient (Wildman–Crippen LogP) is 5.42. The molecule has 0 aromatic heterocycles. The van der Waals surface area contributed by atoms with Crippen molar-refractivity contribution >= 4 is 5.97 Å². The fraction of sp³-hybridized carbons (Fsp3) is 0.458. The molecule has 1 saturated heterocycles. The van der Waals surface area contributed by atoms with Crippen LogP contribution in [0.3, 0.4) is 0 Å². The molecule has 4 heteroatoms. The van der Waals surface area contributed by atoms with E-state index in [1.165, 1.54) is 16.7 Å². The van der Waals surface area contributed by atoms with Crippen LogP contribution in [0, 0.1) is 19.8 Å². The van der Waals surface area contributed by atoms with E-state index in [0.29, 0.717) is 11.7 Å². The minimum absolute atomic E-state index is 0.0727. The number of rotatable bonds is 2. The van der Waals surface area contributed by atoms with E-state index in [0.717, 1.165) is 12.0 Å². The third kappa shape index (κ3) is 3.10. The number of carboxylic acid groups (broad SMARTS) is 1. The molecule has 1 fully saturated rings. The number of fused-ring (bicyclic) bond motifs is 3. The molecule has 0 saturated carbocycles. The molecule has 148 valence electrons. The molecule has 0 bridgehead atoms. The van der Waals surface area contributed by atoms with Crippen LogP contribution >= 0.6 is 0 Å². The van der Waals surface area contributed by atoms with Gasteiger partial charge in [0, 0.05) is 17.4 Å². The lowest BCUT2D eigenvalue weighted by atomic mass is 9.70. The molecule has 4 nitrogen and oxygen atoms in total. The molecule has 2 aromatic carbocycles. The molecule has 0 spiro atoms. The van der Waals surface area contributed by atoms with Crippen LogP contribution in [0.1, 0.15) is 71.8 Å². The van der Waals surface area contributed by atoms with Crippen molar-refractivity contribution in [3.63, 3.8) is 0 Å². The Morgan fingerprint density at radius 2 is 1.82 bits per heavy atom. The normalized spacial score (nSPS) is 28.0. The average Bonchev–Trinajstić information content (AvgIpc) is 2.61. The van der Waals surface area contributed by atoms with Crippen LogP contribution in [-0.2, 0) is 4.74 Å². The summed E-state index contributed by atoms with van der Waals surface area (Å²) in [6, 6.07) is 11.8. The van der Waals surface area contributed by atoms with Gasteiger partial charge in [0.1, 0.15) is 11.4 Å². The summed E-state index contributed by atoms with van der Waals surface area (Å²) in [5, 5.41) is 9.31. The van der Waals surface area contributed by atoms with Crippen molar-refractivity contribution in [2.45, 2.75) is 64.8 Å². The molecular weight excluding hydrogens is 352 g/mol. The van der Waals surface area contributed by atoms with Gasteiger partial charge in [-0.3, -0.25) is 0 Å². The highest BCUT2D eigenvalue weighted by Crippen LogP contribution is 2.54. The summed E-state index contributed by atoms with van der Waals surface area (Å²) in [5.74, 6) is 0.185. The van der Waals surface area contributed by atoms with E-state index in [1.807, 2.05) is 6.07 Å². The van der Waals surface area contributed by atoms with Gasteiger partial charge in [-0.2, -0.15) is 0 Å². The van der Waals surface area contributed by atoms with Crippen molar-refractivity contribution in [3.8, 4) is 5.75 Å². The van der Waals surface area contributed by atoms with Crippen molar-refractivity contribution in [1.29, 1.82) is 0 Å². The SMILES string of the molecule is Cc1ccc([C@H]2C[C@H]3[C@H](O[C@H]2C)c2ccc(C(=O)O)cc2OC3(C)C)c(C)c1. The number of aromatic carboxylic acids is 1. The fourth-order valence-corrected chi connectivity index (χ4v) is 4.92. The third-order valence-electron chi connectivity index (χ3n) is 6.46. The molecule has 1 N–H and O–H groups in total. The summed E-state index contributed by atoms with van der Waals surface area (Å²) in [6.07, 6.45) is 0.963. The first-order valence-electron chi connectivity index (χ1n) is 9.96. The number of hydrogen-bond acceptors (Lipinski definition) is 3. The second-order valence-corrected chi connectivity index (χ2v) is 8.83. The summed E-state index contributed by atoms with van der Waals surface area (Å²) in [7, 11) is 0. The first-order valence-corrected chi connectivity index (χ1v) is 9.96. The minimum Gasteiger partial charge on any atom is -0.487 e. The number of ether oxygens (including phenoxy) is 2. The van der Waals surface area contributed by atoms with Gasteiger partial charge >= 0.3 is 5.97 Å². The van der Waals surface area contributed by atoms with Crippen LogP contribution in [0.15, 0.2) is 36.4 Å². The topological polar surface area (TPSA) is 55.8 Å². The van der Waals surface area contributed by atoms with Gasteiger partial charge in [-0.1, -0.05) is 29.8 Å². The Kier molecular flexibility index (Phi) is 4.50. The lowest BCUT2D eigenvalue weighted by molar-refractivity contribution is -0.153.